The minimum atomic E-state index is -1.84. The van der Waals surface area contributed by atoms with Crippen molar-refractivity contribution in [3.05, 3.63) is 23.8 Å². The van der Waals surface area contributed by atoms with E-state index in [1.54, 1.807) is 0 Å². The first-order valence-corrected chi connectivity index (χ1v) is 39.7. The molecule has 18 heteroatoms. The predicted octanol–water partition coefficient (Wildman–Crippen LogP) is 11.6. The van der Waals surface area contributed by atoms with E-state index in [9.17, 15) is 0 Å². The third-order valence-corrected chi connectivity index (χ3v) is 28.3. The molecule has 2 saturated heterocycles. The lowest BCUT2D eigenvalue weighted by atomic mass is 9.75. The van der Waals surface area contributed by atoms with Crippen molar-refractivity contribution in [1.29, 1.82) is 0 Å². The summed E-state index contributed by atoms with van der Waals surface area (Å²) in [6.07, 6.45) is 5.70. The number of rotatable bonds is 22. The van der Waals surface area contributed by atoms with Crippen LogP contribution in [0.3, 0.4) is 0 Å². The molecule has 4 heterocycles. The molecule has 0 unspecified atom stereocenters. The highest BCUT2D eigenvalue weighted by Gasteiger charge is 2.55. The summed E-state index contributed by atoms with van der Waals surface area (Å²) in [5.41, 5.74) is 2.52. The van der Waals surface area contributed by atoms with Gasteiger partial charge in [0.2, 0.25) is 5.69 Å². The second kappa shape index (κ2) is 22.4. The lowest BCUT2D eigenvalue weighted by Crippen LogP contribution is -2.49. The Morgan fingerprint density at radius 2 is 0.971 bits per heavy atom. The third-order valence-electron chi connectivity index (χ3n) is 15.9. The maximum atomic E-state index is 6.65. The fourth-order valence-electron chi connectivity index (χ4n) is 7.06. The van der Waals surface area contributed by atoms with Crippen LogP contribution in [0.5, 0.6) is 0 Å². The van der Waals surface area contributed by atoms with Crippen LogP contribution >= 0.6 is 0 Å². The van der Waals surface area contributed by atoms with Gasteiger partial charge in [0.25, 0.3) is 6.73 Å². The quantitative estimate of drug-likeness (QED) is 0.0700. The predicted molar refractivity (Wildman–Crippen MR) is 304 cm³/mol. The van der Waals surface area contributed by atoms with Crippen molar-refractivity contribution in [2.75, 3.05) is 26.4 Å². The van der Waals surface area contributed by atoms with E-state index in [2.05, 4.69) is 206 Å². The number of H-pyrrole nitrogens is 1. The third kappa shape index (κ3) is 17.9. The van der Waals surface area contributed by atoms with Crippen LogP contribution in [-0.2, 0) is 63.2 Å². The van der Waals surface area contributed by atoms with Gasteiger partial charge in [0.05, 0.1) is 46.4 Å². The first kappa shape index (κ1) is 63.4. The van der Waals surface area contributed by atoms with Crippen molar-refractivity contribution in [2.45, 2.75) is 261 Å². The van der Waals surface area contributed by atoms with E-state index < -0.39 is 58.2 Å². The van der Waals surface area contributed by atoms with Gasteiger partial charge in [-0.2, -0.15) is 10.2 Å². The van der Waals surface area contributed by atoms with Gasteiger partial charge in [-0.05, 0) is 121 Å². The Morgan fingerprint density at radius 1 is 0.586 bits per heavy atom. The highest BCUT2D eigenvalue weighted by atomic mass is 28.4. The standard InChI is InChI=1S/2C26H53BN2O4Si2/c1-23(2,3)35(13,14)31-19-24(4,5)17-22-21(27-32-25(6,7)26(8,9)33-27)18-29(28-22)20-30-15-16-34(10,11)12;1-23(2,3)35(13,14)31-19-24(4,5)17-22-21(27-32-25(6,7)26(8,9)33-27)18-28-29(22)20-30-15-16-34(10,11)12/h2*18H,15-17,19-20H2,1-14H3/p+1. The van der Waals surface area contributed by atoms with E-state index >= 15 is 0 Å². The van der Waals surface area contributed by atoms with E-state index in [1.807, 2.05) is 10.9 Å². The minimum absolute atomic E-state index is 0.0593. The molecule has 0 aromatic carbocycles. The summed E-state index contributed by atoms with van der Waals surface area (Å²) in [7, 11) is -6.79. The van der Waals surface area contributed by atoms with E-state index in [0.29, 0.717) is 26.7 Å². The number of aromatic nitrogens is 4. The molecule has 0 spiro atoms. The van der Waals surface area contributed by atoms with Gasteiger partial charge in [-0.3, -0.25) is 0 Å². The van der Waals surface area contributed by atoms with E-state index in [-0.39, 0.29) is 32.1 Å². The van der Waals surface area contributed by atoms with Gasteiger partial charge in [-0.15, -0.1) is 0 Å². The van der Waals surface area contributed by atoms with E-state index in [0.717, 1.165) is 54.8 Å². The van der Waals surface area contributed by atoms with Gasteiger partial charge < -0.3 is 36.9 Å². The fourth-order valence-corrected chi connectivity index (χ4v) is 10.9. The first-order valence-electron chi connectivity index (χ1n) is 26.4. The van der Waals surface area contributed by atoms with Crippen molar-refractivity contribution in [3.8, 4) is 0 Å². The van der Waals surface area contributed by atoms with Crippen molar-refractivity contribution in [2.24, 2.45) is 10.8 Å². The average molecular weight is 1050 g/mol. The highest BCUT2D eigenvalue weighted by Crippen LogP contribution is 2.41. The molecule has 2 aliphatic rings. The topological polar surface area (TPSA) is 111 Å². The summed E-state index contributed by atoms with van der Waals surface area (Å²) in [4.78, 5) is 0. The van der Waals surface area contributed by atoms with Crippen LogP contribution in [0.1, 0.15) is 136 Å². The monoisotopic (exact) mass is 1050 g/mol. The van der Waals surface area contributed by atoms with Crippen molar-refractivity contribution in [3.63, 3.8) is 0 Å². The molecule has 0 bridgehead atoms. The summed E-state index contributed by atoms with van der Waals surface area (Å²) >= 11 is 0. The number of hydrogen-bond acceptors (Lipinski definition) is 9. The molecule has 2 aromatic rings. The SMILES string of the molecule is CC(C)(CO[Si](C)(C)C(C)(C)C)Cc1c(B2OC(C)(C)C(C)(C)O2)c[nH][n+]1COCC[Si](C)(C)C.CC(C)(CO[Si](C)(C)C(C)(C)C)Cc1nn(COCC[Si](C)(C)C)cc1B1OC(C)(C)C(C)(C)O1. The Balaban J connectivity index is 0.000000370. The Labute approximate surface area is 434 Å². The normalized spacial score (nSPS) is 19.0. The Morgan fingerprint density at radius 3 is 1.37 bits per heavy atom. The first-order chi connectivity index (χ1) is 31.1. The lowest BCUT2D eigenvalue weighted by Gasteiger charge is -2.39. The van der Waals surface area contributed by atoms with Gasteiger partial charge >= 0.3 is 14.2 Å². The van der Waals surface area contributed by atoms with Gasteiger partial charge in [0.1, 0.15) is 6.73 Å². The number of ether oxygens (including phenoxy) is 2. The van der Waals surface area contributed by atoms with Crippen LogP contribution in [0.25, 0.3) is 0 Å². The number of aromatic amines is 1. The molecular formula is C52H107B2N4O8Si4+. The maximum Gasteiger partial charge on any atom is 0.503 e. The summed E-state index contributed by atoms with van der Waals surface area (Å²) < 4.78 is 55.1. The largest absolute Gasteiger partial charge is 0.503 e. The second-order valence-corrected chi connectivity index (χ2v) is 50.7. The van der Waals surface area contributed by atoms with Crippen molar-refractivity contribution >= 4 is 57.9 Å². The van der Waals surface area contributed by atoms with Crippen molar-refractivity contribution < 1.29 is 41.6 Å². The smallest absolute Gasteiger partial charge is 0.416 e. The summed E-state index contributed by atoms with van der Waals surface area (Å²) in [5, 5.41) is 8.77. The molecule has 2 aliphatic heterocycles. The zero-order chi connectivity index (χ0) is 54.2. The van der Waals surface area contributed by atoms with Gasteiger partial charge in [0, 0.05) is 54.0 Å². The molecule has 1 N–H and O–H groups in total. The van der Waals surface area contributed by atoms with Gasteiger partial charge in [-0.25, -0.2) is 4.68 Å². The molecule has 2 fully saturated rings. The lowest BCUT2D eigenvalue weighted by molar-refractivity contribution is -0.787. The second-order valence-electron chi connectivity index (χ2n) is 29.8. The van der Waals surface area contributed by atoms with Crippen LogP contribution in [0.15, 0.2) is 12.4 Å². The number of hydrogen-bond donors (Lipinski definition) is 1. The van der Waals surface area contributed by atoms with Crippen molar-refractivity contribution in [1.82, 2.24) is 14.9 Å². The zero-order valence-electron chi connectivity index (χ0n) is 50.5. The Kier molecular flexibility index (Phi) is 20.2. The van der Waals surface area contributed by atoms with Crippen LogP contribution in [0.4, 0.5) is 0 Å². The molecule has 0 amide bonds. The molecule has 0 atom stereocenters. The number of nitrogens with zero attached hydrogens (tertiary/aromatic N) is 3. The summed E-state index contributed by atoms with van der Waals surface area (Å²) in [6, 6.07) is 2.29. The van der Waals surface area contributed by atoms with Crippen LogP contribution in [0.2, 0.25) is 87.6 Å². The van der Waals surface area contributed by atoms with Gasteiger partial charge in [-0.1, -0.05) is 113 Å². The fraction of sp³-hybridized carbons (Fsp3) is 0.885. The summed E-state index contributed by atoms with van der Waals surface area (Å²) in [5.74, 6) is 0. The highest BCUT2D eigenvalue weighted by molar-refractivity contribution is 6.76. The maximum absolute atomic E-state index is 6.65. The zero-order valence-corrected chi connectivity index (χ0v) is 54.5. The van der Waals surface area contributed by atoms with Crippen LogP contribution < -0.4 is 15.6 Å². The van der Waals surface area contributed by atoms with E-state index in [1.165, 1.54) is 5.69 Å². The Bertz CT molecular complexity index is 1920. The molecule has 404 valence electrons. The molecule has 4 rings (SSSR count). The molecule has 0 saturated carbocycles. The van der Waals surface area contributed by atoms with Crippen LogP contribution in [0, 0.1) is 10.8 Å². The van der Waals surface area contributed by atoms with Gasteiger partial charge in [0.15, 0.2) is 16.6 Å². The molecule has 0 aliphatic carbocycles. The molecule has 0 radical (unpaired) electrons. The van der Waals surface area contributed by atoms with Crippen LogP contribution in [-0.4, -0.2) is 111 Å². The summed E-state index contributed by atoms with van der Waals surface area (Å²) in [6.45, 7) is 67.0. The average Bonchev–Trinajstić information content (AvgIpc) is 3.84. The molecular weight excluding hydrogens is 943 g/mol. The molecule has 70 heavy (non-hydrogen) atoms. The minimum Gasteiger partial charge on any atom is -0.416 e. The number of nitrogens with one attached hydrogen (secondary N) is 1. The molecule has 12 nitrogen and oxygen atoms in total. The molecule has 2 aromatic heterocycles. The Hall–Kier alpha value is -0.903. The van der Waals surface area contributed by atoms with E-state index in [4.69, 9.17) is 42.0 Å².